The maximum Gasteiger partial charge on any atom is 0.289 e. The molecule has 2 aromatic carbocycles. The molecular formula is C21H15Br2N5O2. The highest BCUT2D eigenvalue weighted by Crippen LogP contribution is 2.10. The Morgan fingerprint density at radius 1 is 0.700 bits per heavy atom. The molecule has 0 saturated heterocycles. The van der Waals surface area contributed by atoms with Crippen molar-refractivity contribution in [2.45, 2.75) is 0 Å². The zero-order valence-corrected chi connectivity index (χ0v) is 18.6. The lowest BCUT2D eigenvalue weighted by Gasteiger charge is -2.03. The second kappa shape index (κ2) is 10.6. The van der Waals surface area contributed by atoms with E-state index in [-0.39, 0.29) is 11.4 Å². The molecule has 0 saturated carbocycles. The molecule has 1 aromatic heterocycles. The number of hydrazone groups is 2. The van der Waals surface area contributed by atoms with Crippen LogP contribution in [0.1, 0.15) is 32.1 Å². The molecule has 0 spiro atoms. The highest BCUT2D eigenvalue weighted by Gasteiger charge is 2.11. The molecule has 0 atom stereocenters. The summed E-state index contributed by atoms with van der Waals surface area (Å²) < 4.78 is 1.90. The van der Waals surface area contributed by atoms with Crippen molar-refractivity contribution >= 4 is 56.1 Å². The fourth-order valence-corrected chi connectivity index (χ4v) is 2.76. The van der Waals surface area contributed by atoms with Crippen molar-refractivity contribution in [1.82, 2.24) is 15.8 Å². The summed E-state index contributed by atoms with van der Waals surface area (Å²) in [6.45, 7) is 0. The first-order valence-electron chi connectivity index (χ1n) is 8.66. The van der Waals surface area contributed by atoms with E-state index in [9.17, 15) is 9.59 Å². The van der Waals surface area contributed by atoms with Crippen LogP contribution in [0, 0.1) is 0 Å². The average Bonchev–Trinajstić information content (AvgIpc) is 2.76. The fraction of sp³-hybridized carbons (Fsp3) is 0. The molecule has 7 nitrogen and oxygen atoms in total. The zero-order chi connectivity index (χ0) is 21.3. The van der Waals surface area contributed by atoms with Crippen molar-refractivity contribution in [2.24, 2.45) is 10.2 Å². The van der Waals surface area contributed by atoms with Crippen molar-refractivity contribution in [1.29, 1.82) is 0 Å². The van der Waals surface area contributed by atoms with Gasteiger partial charge in [0, 0.05) is 8.95 Å². The molecule has 3 rings (SSSR count). The molecule has 0 radical (unpaired) electrons. The summed E-state index contributed by atoms with van der Waals surface area (Å²) in [5.74, 6) is -1.06. The van der Waals surface area contributed by atoms with Gasteiger partial charge in [-0.1, -0.05) is 62.2 Å². The Labute approximate surface area is 189 Å². The minimum atomic E-state index is -0.531. The molecule has 0 bridgehead atoms. The van der Waals surface area contributed by atoms with Crippen LogP contribution in [-0.4, -0.2) is 29.2 Å². The highest BCUT2D eigenvalue weighted by atomic mass is 79.9. The van der Waals surface area contributed by atoms with Crippen LogP contribution in [0.5, 0.6) is 0 Å². The summed E-state index contributed by atoms with van der Waals surface area (Å²) in [6.07, 6.45) is 3.02. The molecule has 0 aliphatic carbocycles. The highest BCUT2D eigenvalue weighted by molar-refractivity contribution is 9.10. The number of hydrogen-bond donors (Lipinski definition) is 2. The van der Waals surface area contributed by atoms with Gasteiger partial charge >= 0.3 is 0 Å². The Balaban J connectivity index is 1.58. The van der Waals surface area contributed by atoms with Gasteiger partial charge in [-0.2, -0.15) is 10.2 Å². The van der Waals surface area contributed by atoms with Gasteiger partial charge in [-0.05, 0) is 47.5 Å². The second-order valence-corrected chi connectivity index (χ2v) is 7.74. The summed E-state index contributed by atoms with van der Waals surface area (Å²) in [5, 5.41) is 7.81. The van der Waals surface area contributed by atoms with E-state index in [2.05, 4.69) is 57.9 Å². The first-order valence-corrected chi connectivity index (χ1v) is 10.2. The third-order valence-corrected chi connectivity index (χ3v) is 4.77. The normalized spacial score (nSPS) is 11.0. The second-order valence-electron chi connectivity index (χ2n) is 5.91. The SMILES string of the molecule is O=C(N/N=C\c1ccc(Br)cc1)c1cccc(C(=O)N/N=C\c2ccc(Br)cc2)n1. The molecule has 9 heteroatoms. The van der Waals surface area contributed by atoms with Gasteiger partial charge in [-0.25, -0.2) is 15.8 Å². The summed E-state index contributed by atoms with van der Waals surface area (Å²) in [7, 11) is 0. The van der Waals surface area contributed by atoms with Crippen LogP contribution in [0.3, 0.4) is 0 Å². The largest absolute Gasteiger partial charge is 0.289 e. The number of nitrogens with zero attached hydrogens (tertiary/aromatic N) is 3. The summed E-state index contributed by atoms with van der Waals surface area (Å²) >= 11 is 6.70. The van der Waals surface area contributed by atoms with E-state index < -0.39 is 11.8 Å². The Bertz CT molecular complexity index is 1010. The topological polar surface area (TPSA) is 95.8 Å². The number of benzene rings is 2. The van der Waals surface area contributed by atoms with E-state index in [0.717, 1.165) is 20.1 Å². The van der Waals surface area contributed by atoms with Crippen LogP contribution in [0.25, 0.3) is 0 Å². The number of carbonyl (C=O) groups is 2. The van der Waals surface area contributed by atoms with E-state index in [4.69, 9.17) is 0 Å². The van der Waals surface area contributed by atoms with Gasteiger partial charge < -0.3 is 0 Å². The van der Waals surface area contributed by atoms with Crippen LogP contribution < -0.4 is 10.9 Å². The molecule has 2 amide bonds. The summed E-state index contributed by atoms with van der Waals surface area (Å²) in [6, 6.07) is 19.4. The predicted molar refractivity (Wildman–Crippen MR) is 123 cm³/mol. The molecule has 3 aromatic rings. The molecule has 0 fully saturated rings. The molecule has 150 valence electrons. The first-order chi connectivity index (χ1) is 14.5. The van der Waals surface area contributed by atoms with Gasteiger partial charge in [0.05, 0.1) is 12.4 Å². The van der Waals surface area contributed by atoms with Crippen molar-refractivity contribution in [3.63, 3.8) is 0 Å². The summed E-state index contributed by atoms with van der Waals surface area (Å²) in [4.78, 5) is 28.5. The average molecular weight is 529 g/mol. The third kappa shape index (κ3) is 6.43. The fourth-order valence-electron chi connectivity index (χ4n) is 2.23. The molecule has 1 heterocycles. The first kappa shape index (κ1) is 21.5. The number of rotatable bonds is 6. The monoisotopic (exact) mass is 527 g/mol. The maximum absolute atomic E-state index is 12.2. The zero-order valence-electron chi connectivity index (χ0n) is 15.4. The minimum absolute atomic E-state index is 0.0625. The van der Waals surface area contributed by atoms with Crippen LogP contribution in [0.4, 0.5) is 0 Å². The van der Waals surface area contributed by atoms with E-state index >= 15 is 0 Å². The van der Waals surface area contributed by atoms with Gasteiger partial charge in [0.25, 0.3) is 11.8 Å². The summed E-state index contributed by atoms with van der Waals surface area (Å²) in [5.41, 5.74) is 6.55. The van der Waals surface area contributed by atoms with Crippen molar-refractivity contribution in [3.8, 4) is 0 Å². The van der Waals surface area contributed by atoms with Crippen LogP contribution >= 0.6 is 31.9 Å². The Morgan fingerprint density at radius 3 is 1.50 bits per heavy atom. The Kier molecular flexibility index (Phi) is 7.58. The van der Waals surface area contributed by atoms with Crippen molar-refractivity contribution in [2.75, 3.05) is 0 Å². The van der Waals surface area contributed by atoms with Gasteiger partial charge in [0.1, 0.15) is 11.4 Å². The number of hydrogen-bond acceptors (Lipinski definition) is 5. The number of nitrogens with one attached hydrogen (secondary N) is 2. The third-order valence-electron chi connectivity index (χ3n) is 3.71. The Hall–Kier alpha value is -3.17. The predicted octanol–water partition coefficient (Wildman–Crippen LogP) is 4.13. The standard InChI is InChI=1S/C21H15Br2N5O2/c22-16-8-4-14(5-9-16)12-24-27-20(29)18-2-1-3-19(26-18)21(30)28-25-13-15-6-10-17(23)11-7-15/h1-13H,(H,27,29)(H,28,30)/b24-12-,25-13-. The van der Waals surface area contributed by atoms with Crippen LogP contribution in [0.15, 0.2) is 85.9 Å². The Morgan fingerprint density at radius 2 is 1.10 bits per heavy atom. The van der Waals surface area contributed by atoms with Gasteiger partial charge in [0.15, 0.2) is 0 Å². The number of carbonyl (C=O) groups excluding carboxylic acids is 2. The van der Waals surface area contributed by atoms with Crippen LogP contribution in [-0.2, 0) is 0 Å². The van der Waals surface area contributed by atoms with E-state index in [1.165, 1.54) is 24.6 Å². The van der Waals surface area contributed by atoms with E-state index in [1.54, 1.807) is 6.07 Å². The van der Waals surface area contributed by atoms with Gasteiger partial charge in [-0.15, -0.1) is 0 Å². The number of halogens is 2. The lowest BCUT2D eigenvalue weighted by molar-refractivity contribution is 0.0946. The lowest BCUT2D eigenvalue weighted by atomic mass is 10.2. The lowest BCUT2D eigenvalue weighted by Crippen LogP contribution is -2.23. The number of pyridine rings is 1. The smallest absolute Gasteiger partial charge is 0.266 e. The molecule has 0 unspecified atom stereocenters. The quantitative estimate of drug-likeness (QED) is 0.372. The maximum atomic E-state index is 12.2. The van der Waals surface area contributed by atoms with Gasteiger partial charge in [0.2, 0.25) is 0 Å². The molecule has 2 N–H and O–H groups in total. The molecule has 0 aliphatic rings. The van der Waals surface area contributed by atoms with Crippen molar-refractivity contribution in [3.05, 3.63) is 98.2 Å². The number of amides is 2. The number of aromatic nitrogens is 1. The van der Waals surface area contributed by atoms with Crippen LogP contribution in [0.2, 0.25) is 0 Å². The molecule has 0 aliphatic heterocycles. The van der Waals surface area contributed by atoms with E-state index in [1.807, 2.05) is 48.5 Å². The minimum Gasteiger partial charge on any atom is -0.266 e. The molecular weight excluding hydrogens is 514 g/mol. The van der Waals surface area contributed by atoms with Gasteiger partial charge in [-0.3, -0.25) is 9.59 Å². The van der Waals surface area contributed by atoms with E-state index in [0.29, 0.717) is 0 Å². The molecule has 30 heavy (non-hydrogen) atoms. The van der Waals surface area contributed by atoms with Crippen molar-refractivity contribution < 1.29 is 9.59 Å².